The molecule has 0 N–H and O–H groups in total. The van der Waals surface area contributed by atoms with E-state index in [0.717, 1.165) is 19.1 Å². The number of likely N-dealkylation sites (tertiary alicyclic amines) is 1. The van der Waals surface area contributed by atoms with Crippen molar-refractivity contribution in [2.45, 2.75) is 25.9 Å². The van der Waals surface area contributed by atoms with Crippen molar-refractivity contribution < 1.29 is 4.74 Å². The second kappa shape index (κ2) is 5.89. The minimum atomic E-state index is 0.551. The van der Waals surface area contributed by atoms with E-state index in [0.29, 0.717) is 6.10 Å². The van der Waals surface area contributed by atoms with Crippen molar-refractivity contribution in [3.8, 4) is 0 Å². The summed E-state index contributed by atoms with van der Waals surface area (Å²) in [6.45, 7) is 6.70. The molecule has 3 rings (SSSR count). The van der Waals surface area contributed by atoms with Gasteiger partial charge in [-0.05, 0) is 25.3 Å². The number of ether oxygens (including phenoxy) is 1. The summed E-state index contributed by atoms with van der Waals surface area (Å²) in [6.07, 6.45) is 5.32. The quantitative estimate of drug-likeness (QED) is 0.824. The van der Waals surface area contributed by atoms with Gasteiger partial charge in [0.1, 0.15) is 0 Å². The Morgan fingerprint density at radius 3 is 3.00 bits per heavy atom. The lowest BCUT2D eigenvalue weighted by Crippen LogP contribution is -2.41. The molecule has 2 aliphatic heterocycles. The van der Waals surface area contributed by atoms with Crippen LogP contribution in [-0.2, 0) is 4.74 Å². The van der Waals surface area contributed by atoms with Gasteiger partial charge in [-0.1, -0.05) is 42.0 Å². The van der Waals surface area contributed by atoms with Crippen LogP contribution < -0.4 is 0 Å². The maximum Gasteiger partial charge on any atom is 0.0628 e. The summed E-state index contributed by atoms with van der Waals surface area (Å²) in [5.74, 6) is 0.776. The molecule has 2 aliphatic rings. The monoisotopic (exact) mass is 257 g/mol. The van der Waals surface area contributed by atoms with Crippen molar-refractivity contribution in [3.05, 3.63) is 41.5 Å². The zero-order valence-electron chi connectivity index (χ0n) is 11.7. The number of piperidine rings is 1. The number of rotatable bonds is 3. The third kappa shape index (κ3) is 3.26. The van der Waals surface area contributed by atoms with E-state index in [-0.39, 0.29) is 0 Å². The fourth-order valence-corrected chi connectivity index (χ4v) is 3.33. The predicted octanol–water partition coefficient (Wildman–Crippen LogP) is 3.20. The van der Waals surface area contributed by atoms with E-state index in [2.05, 4.69) is 48.2 Å². The minimum absolute atomic E-state index is 0.551. The van der Waals surface area contributed by atoms with E-state index in [4.69, 9.17) is 4.74 Å². The van der Waals surface area contributed by atoms with Gasteiger partial charge in [0.05, 0.1) is 6.10 Å². The third-order valence-electron chi connectivity index (χ3n) is 4.25. The van der Waals surface area contributed by atoms with Crippen LogP contribution in [0.4, 0.5) is 0 Å². The van der Waals surface area contributed by atoms with Crippen LogP contribution in [0.5, 0.6) is 0 Å². The zero-order chi connectivity index (χ0) is 13.1. The molecule has 2 heterocycles. The van der Waals surface area contributed by atoms with E-state index in [1.54, 1.807) is 0 Å². The Hall–Kier alpha value is -1.12. The molecule has 2 nitrogen and oxygen atoms in total. The molecule has 0 spiro atoms. The fraction of sp³-hybridized carbons (Fsp3) is 0.529. The van der Waals surface area contributed by atoms with Crippen molar-refractivity contribution >= 4 is 6.08 Å². The molecule has 2 heteroatoms. The summed E-state index contributed by atoms with van der Waals surface area (Å²) in [5.41, 5.74) is 2.75. The highest BCUT2D eigenvalue weighted by Gasteiger charge is 2.33. The Morgan fingerprint density at radius 2 is 2.16 bits per heavy atom. The van der Waals surface area contributed by atoms with Gasteiger partial charge in [0, 0.05) is 32.2 Å². The summed E-state index contributed by atoms with van der Waals surface area (Å²) in [5, 5.41) is 0. The summed E-state index contributed by atoms with van der Waals surface area (Å²) in [6, 6.07) is 10.6. The molecule has 102 valence electrons. The number of nitrogens with zero attached hydrogens (tertiary/aromatic N) is 1. The van der Waals surface area contributed by atoms with Gasteiger partial charge in [0.15, 0.2) is 0 Å². The molecule has 1 aromatic carbocycles. The van der Waals surface area contributed by atoms with E-state index in [1.807, 2.05) is 0 Å². The number of hydrogen-bond acceptors (Lipinski definition) is 2. The molecule has 2 atom stereocenters. The van der Waals surface area contributed by atoms with E-state index < -0.39 is 0 Å². The van der Waals surface area contributed by atoms with Crippen molar-refractivity contribution in [3.63, 3.8) is 0 Å². The molecule has 0 unspecified atom stereocenters. The number of hydrogen-bond donors (Lipinski definition) is 0. The fourth-order valence-electron chi connectivity index (χ4n) is 3.33. The van der Waals surface area contributed by atoms with Crippen molar-refractivity contribution in [1.29, 1.82) is 0 Å². The van der Waals surface area contributed by atoms with Gasteiger partial charge in [-0.2, -0.15) is 0 Å². The largest absolute Gasteiger partial charge is 0.378 e. The standard InChI is InChI=1S/C17H23NO/c1-14(11-15-5-3-2-4-6-15)12-18-9-7-17-16(13-18)8-10-19-17/h2-6,11,16-17H,7-10,12-13H2,1H3/b14-11+/t16-,17+/m1/s1. The molecule has 0 amide bonds. The first-order valence-electron chi connectivity index (χ1n) is 7.37. The van der Waals surface area contributed by atoms with Gasteiger partial charge in [-0.15, -0.1) is 0 Å². The Labute approximate surface area is 116 Å². The molecule has 2 saturated heterocycles. The van der Waals surface area contributed by atoms with Gasteiger partial charge < -0.3 is 4.74 Å². The second-order valence-corrected chi connectivity index (χ2v) is 5.88. The Bertz CT molecular complexity index is 440. The van der Waals surface area contributed by atoms with E-state index in [1.165, 1.54) is 37.1 Å². The molecule has 0 aliphatic carbocycles. The first-order chi connectivity index (χ1) is 9.31. The topological polar surface area (TPSA) is 12.5 Å². The predicted molar refractivity (Wildman–Crippen MR) is 79.0 cm³/mol. The molecular formula is C17H23NO. The first kappa shape index (κ1) is 12.9. The highest BCUT2D eigenvalue weighted by molar-refractivity contribution is 5.52. The maximum absolute atomic E-state index is 5.76. The molecule has 2 fully saturated rings. The normalized spacial score (nSPS) is 28.4. The minimum Gasteiger partial charge on any atom is -0.378 e. The highest BCUT2D eigenvalue weighted by Crippen LogP contribution is 2.28. The van der Waals surface area contributed by atoms with Crippen LogP contribution in [0.25, 0.3) is 6.08 Å². The van der Waals surface area contributed by atoms with Crippen LogP contribution in [0, 0.1) is 5.92 Å². The lowest BCUT2D eigenvalue weighted by Gasteiger charge is -2.34. The van der Waals surface area contributed by atoms with Crippen LogP contribution in [0.2, 0.25) is 0 Å². The van der Waals surface area contributed by atoms with Gasteiger partial charge in [0.2, 0.25) is 0 Å². The smallest absolute Gasteiger partial charge is 0.0628 e. The van der Waals surface area contributed by atoms with Gasteiger partial charge in [0.25, 0.3) is 0 Å². The summed E-state index contributed by atoms with van der Waals surface area (Å²) in [7, 11) is 0. The van der Waals surface area contributed by atoms with Crippen LogP contribution in [0.15, 0.2) is 35.9 Å². The second-order valence-electron chi connectivity index (χ2n) is 5.88. The maximum atomic E-state index is 5.76. The lowest BCUT2D eigenvalue weighted by molar-refractivity contribution is 0.0380. The molecule has 19 heavy (non-hydrogen) atoms. The molecule has 0 bridgehead atoms. The van der Waals surface area contributed by atoms with Crippen LogP contribution in [-0.4, -0.2) is 37.2 Å². The number of benzene rings is 1. The van der Waals surface area contributed by atoms with E-state index in [9.17, 15) is 0 Å². The van der Waals surface area contributed by atoms with E-state index >= 15 is 0 Å². The average Bonchev–Trinajstić information content (AvgIpc) is 2.87. The molecular weight excluding hydrogens is 234 g/mol. The average molecular weight is 257 g/mol. The first-order valence-corrected chi connectivity index (χ1v) is 7.37. The van der Waals surface area contributed by atoms with Crippen LogP contribution in [0.1, 0.15) is 25.3 Å². The Morgan fingerprint density at radius 1 is 1.32 bits per heavy atom. The SMILES string of the molecule is C/C(=C\c1ccccc1)CN1CC[C@@H]2OCC[C@@H]2C1. The molecule has 0 radical (unpaired) electrons. The Balaban J connectivity index is 1.58. The summed E-state index contributed by atoms with van der Waals surface area (Å²) in [4.78, 5) is 2.59. The van der Waals surface area contributed by atoms with Gasteiger partial charge in [-0.25, -0.2) is 0 Å². The summed E-state index contributed by atoms with van der Waals surface area (Å²) >= 11 is 0. The van der Waals surface area contributed by atoms with Crippen LogP contribution >= 0.6 is 0 Å². The molecule has 0 saturated carbocycles. The van der Waals surface area contributed by atoms with Gasteiger partial charge >= 0.3 is 0 Å². The molecule has 1 aromatic rings. The van der Waals surface area contributed by atoms with Crippen molar-refractivity contribution in [2.75, 3.05) is 26.2 Å². The number of fused-ring (bicyclic) bond motifs is 1. The summed E-state index contributed by atoms with van der Waals surface area (Å²) < 4.78 is 5.76. The van der Waals surface area contributed by atoms with Gasteiger partial charge in [-0.3, -0.25) is 4.90 Å². The highest BCUT2D eigenvalue weighted by atomic mass is 16.5. The van der Waals surface area contributed by atoms with Crippen molar-refractivity contribution in [1.82, 2.24) is 4.90 Å². The third-order valence-corrected chi connectivity index (χ3v) is 4.25. The van der Waals surface area contributed by atoms with Crippen molar-refractivity contribution in [2.24, 2.45) is 5.92 Å². The van der Waals surface area contributed by atoms with Crippen LogP contribution in [0.3, 0.4) is 0 Å². The lowest BCUT2D eigenvalue weighted by atomic mass is 9.94. The molecule has 0 aromatic heterocycles. The Kier molecular flexibility index (Phi) is 4.00. The zero-order valence-corrected chi connectivity index (χ0v) is 11.7.